The summed E-state index contributed by atoms with van der Waals surface area (Å²) in [5, 5.41) is 0. The van der Waals surface area contributed by atoms with Crippen LogP contribution in [-0.2, 0) is 28.6 Å². The van der Waals surface area contributed by atoms with Crippen LogP contribution in [0.5, 0.6) is 0 Å². The molecular formula is C56H108O6. The highest BCUT2D eigenvalue weighted by Crippen LogP contribution is 2.19. The summed E-state index contributed by atoms with van der Waals surface area (Å²) in [6, 6.07) is 0. The molecule has 0 aromatic carbocycles. The molecule has 2 unspecified atom stereocenters. The maximum absolute atomic E-state index is 12.8. The smallest absolute Gasteiger partial charge is 0.306 e. The highest BCUT2D eigenvalue weighted by atomic mass is 16.6. The average Bonchev–Trinajstić information content (AvgIpc) is 3.26. The third kappa shape index (κ3) is 46.4. The molecule has 0 aliphatic heterocycles. The van der Waals surface area contributed by atoms with Crippen molar-refractivity contribution in [1.82, 2.24) is 0 Å². The van der Waals surface area contributed by atoms with Crippen molar-refractivity contribution < 1.29 is 28.6 Å². The first kappa shape index (κ1) is 60.4. The van der Waals surface area contributed by atoms with Gasteiger partial charge in [0.15, 0.2) is 6.10 Å². The van der Waals surface area contributed by atoms with Crippen molar-refractivity contribution in [3.63, 3.8) is 0 Å². The second-order valence-electron chi connectivity index (χ2n) is 20.2. The predicted molar refractivity (Wildman–Crippen MR) is 266 cm³/mol. The summed E-state index contributed by atoms with van der Waals surface area (Å²) in [6.45, 7) is 13.7. The van der Waals surface area contributed by atoms with E-state index < -0.39 is 6.10 Å². The Bertz CT molecular complexity index is 964. The quantitative estimate of drug-likeness (QED) is 0.0344. The van der Waals surface area contributed by atoms with Crippen molar-refractivity contribution in [3.05, 3.63) is 0 Å². The topological polar surface area (TPSA) is 78.9 Å². The maximum Gasteiger partial charge on any atom is 0.306 e. The number of carbonyl (C=O) groups excluding carboxylic acids is 3. The minimum Gasteiger partial charge on any atom is -0.462 e. The van der Waals surface area contributed by atoms with Crippen LogP contribution in [0.1, 0.15) is 305 Å². The van der Waals surface area contributed by atoms with Gasteiger partial charge in [-0.2, -0.15) is 0 Å². The molecule has 0 rings (SSSR count). The Labute approximate surface area is 387 Å². The molecule has 0 saturated carbocycles. The van der Waals surface area contributed by atoms with E-state index in [1.807, 2.05) is 0 Å². The Hall–Kier alpha value is -1.59. The molecule has 0 aromatic heterocycles. The molecule has 0 aliphatic rings. The van der Waals surface area contributed by atoms with Crippen molar-refractivity contribution in [2.45, 2.75) is 311 Å². The Morgan fingerprint density at radius 3 is 0.839 bits per heavy atom. The minimum absolute atomic E-state index is 0.0653. The summed E-state index contributed by atoms with van der Waals surface area (Å²) in [5.41, 5.74) is 0. The summed E-state index contributed by atoms with van der Waals surface area (Å²) < 4.78 is 16.8. The zero-order chi connectivity index (χ0) is 45.6. The van der Waals surface area contributed by atoms with Crippen LogP contribution >= 0.6 is 0 Å². The summed E-state index contributed by atoms with van der Waals surface area (Å²) in [7, 11) is 0. The lowest BCUT2D eigenvalue weighted by Gasteiger charge is -2.18. The van der Waals surface area contributed by atoms with Gasteiger partial charge in [0.2, 0.25) is 0 Å². The molecule has 0 saturated heterocycles. The van der Waals surface area contributed by atoms with Gasteiger partial charge in [0.1, 0.15) is 13.2 Å². The predicted octanol–water partition coefficient (Wildman–Crippen LogP) is 17.9. The van der Waals surface area contributed by atoms with Crippen molar-refractivity contribution >= 4 is 17.9 Å². The van der Waals surface area contributed by atoms with E-state index in [0.717, 1.165) is 75.5 Å². The van der Waals surface area contributed by atoms with Crippen LogP contribution in [0.25, 0.3) is 0 Å². The first-order chi connectivity index (χ1) is 30.2. The fourth-order valence-electron chi connectivity index (χ4n) is 8.40. The highest BCUT2D eigenvalue weighted by molar-refractivity contribution is 5.71. The molecule has 0 radical (unpaired) electrons. The van der Waals surface area contributed by atoms with E-state index in [1.165, 1.54) is 186 Å². The largest absolute Gasteiger partial charge is 0.462 e. The standard InChI is InChI=1S/C56H108O6/c1-7-51(5)43-37-31-25-19-17-15-13-11-9-10-12-14-16-18-20-28-35-41-47-56(59)62-53(49-61-55(58)46-40-34-29-23-24-30-36-42-50(3)4)48-60-54(57)45-39-33-27-22-21-26-32-38-44-52(6)8-2/h50-53H,7-49H2,1-6H3/t51?,52?,53-/m1/s1. The van der Waals surface area contributed by atoms with Crippen LogP contribution in [-0.4, -0.2) is 37.2 Å². The lowest BCUT2D eigenvalue weighted by Crippen LogP contribution is -2.30. The summed E-state index contributed by atoms with van der Waals surface area (Å²) >= 11 is 0. The number of esters is 3. The Balaban J connectivity index is 4.21. The van der Waals surface area contributed by atoms with Crippen LogP contribution in [0.3, 0.4) is 0 Å². The molecule has 0 fully saturated rings. The van der Waals surface area contributed by atoms with Gasteiger partial charge in [-0.05, 0) is 37.0 Å². The number of unbranched alkanes of at least 4 members (excludes halogenated alkanes) is 30. The van der Waals surface area contributed by atoms with Crippen LogP contribution in [0.15, 0.2) is 0 Å². The summed E-state index contributed by atoms with van der Waals surface area (Å²) in [6.07, 6.45) is 48.1. The van der Waals surface area contributed by atoms with E-state index in [4.69, 9.17) is 14.2 Å². The number of hydrogen-bond acceptors (Lipinski definition) is 6. The second kappa shape index (κ2) is 47.4. The first-order valence-electron chi connectivity index (χ1n) is 27.7. The van der Waals surface area contributed by atoms with Gasteiger partial charge in [-0.3, -0.25) is 14.4 Å². The molecular weight excluding hydrogens is 769 g/mol. The SMILES string of the molecule is CCC(C)CCCCCCCCCCCCCCCCCCCCC(=O)O[C@H](COC(=O)CCCCCCCCCCC(C)CC)COC(=O)CCCCCCCCCC(C)C. The number of ether oxygens (including phenoxy) is 3. The van der Waals surface area contributed by atoms with Crippen LogP contribution in [0.4, 0.5) is 0 Å². The Kier molecular flexibility index (Phi) is 46.2. The zero-order valence-corrected chi connectivity index (χ0v) is 42.7. The number of rotatable bonds is 49. The molecule has 0 aliphatic carbocycles. The van der Waals surface area contributed by atoms with Gasteiger partial charge >= 0.3 is 17.9 Å². The molecule has 0 bridgehead atoms. The van der Waals surface area contributed by atoms with Crippen LogP contribution < -0.4 is 0 Å². The van der Waals surface area contributed by atoms with Crippen molar-refractivity contribution in [1.29, 1.82) is 0 Å². The highest BCUT2D eigenvalue weighted by Gasteiger charge is 2.19. The Morgan fingerprint density at radius 2 is 0.565 bits per heavy atom. The van der Waals surface area contributed by atoms with Gasteiger partial charge in [0.05, 0.1) is 0 Å². The molecule has 0 aromatic rings. The zero-order valence-electron chi connectivity index (χ0n) is 42.7. The fourth-order valence-corrected chi connectivity index (χ4v) is 8.40. The lowest BCUT2D eigenvalue weighted by atomic mass is 9.99. The lowest BCUT2D eigenvalue weighted by molar-refractivity contribution is -0.167. The van der Waals surface area contributed by atoms with Gasteiger partial charge in [-0.25, -0.2) is 0 Å². The van der Waals surface area contributed by atoms with Gasteiger partial charge in [-0.1, -0.05) is 266 Å². The van der Waals surface area contributed by atoms with E-state index in [1.54, 1.807) is 0 Å². The molecule has 0 N–H and O–H groups in total. The van der Waals surface area contributed by atoms with E-state index >= 15 is 0 Å². The van der Waals surface area contributed by atoms with Gasteiger partial charge in [0, 0.05) is 19.3 Å². The second-order valence-corrected chi connectivity index (χ2v) is 20.2. The van der Waals surface area contributed by atoms with E-state index in [9.17, 15) is 14.4 Å². The summed E-state index contributed by atoms with van der Waals surface area (Å²) in [4.78, 5) is 38.0. The van der Waals surface area contributed by atoms with Gasteiger partial charge in [0.25, 0.3) is 0 Å². The third-order valence-electron chi connectivity index (χ3n) is 13.4. The van der Waals surface area contributed by atoms with Gasteiger partial charge in [-0.15, -0.1) is 0 Å². The number of hydrogen-bond donors (Lipinski definition) is 0. The molecule has 0 heterocycles. The van der Waals surface area contributed by atoms with E-state index in [2.05, 4.69) is 41.5 Å². The molecule has 6 nitrogen and oxygen atoms in total. The van der Waals surface area contributed by atoms with E-state index in [-0.39, 0.29) is 31.1 Å². The van der Waals surface area contributed by atoms with Crippen LogP contribution in [0, 0.1) is 17.8 Å². The van der Waals surface area contributed by atoms with E-state index in [0.29, 0.717) is 19.3 Å². The van der Waals surface area contributed by atoms with Crippen LogP contribution in [0.2, 0.25) is 0 Å². The average molecular weight is 877 g/mol. The maximum atomic E-state index is 12.8. The monoisotopic (exact) mass is 877 g/mol. The fraction of sp³-hybridized carbons (Fsp3) is 0.946. The molecule has 62 heavy (non-hydrogen) atoms. The van der Waals surface area contributed by atoms with Gasteiger partial charge < -0.3 is 14.2 Å². The Morgan fingerprint density at radius 1 is 0.323 bits per heavy atom. The molecule has 6 heteroatoms. The molecule has 3 atom stereocenters. The normalized spacial score (nSPS) is 13.0. The summed E-state index contributed by atoms with van der Waals surface area (Å²) in [5.74, 6) is 1.68. The van der Waals surface area contributed by atoms with Crippen molar-refractivity contribution in [2.24, 2.45) is 17.8 Å². The molecule has 368 valence electrons. The van der Waals surface area contributed by atoms with Crippen molar-refractivity contribution in [2.75, 3.05) is 13.2 Å². The number of carbonyl (C=O) groups is 3. The molecule has 0 amide bonds. The van der Waals surface area contributed by atoms with Crippen molar-refractivity contribution in [3.8, 4) is 0 Å². The first-order valence-corrected chi connectivity index (χ1v) is 27.7. The third-order valence-corrected chi connectivity index (χ3v) is 13.4. The minimum atomic E-state index is -0.763. The molecule has 0 spiro atoms.